The first-order valence-electron chi connectivity index (χ1n) is 6.09. The SMILES string of the molecule is COc1cccc(CN(C)C(=O)[C@@H](N)C(C)C)c1.Cl. The Bertz CT molecular complexity index is 410. The molecule has 1 atom stereocenters. The van der Waals surface area contributed by atoms with Crippen LogP contribution >= 0.6 is 12.4 Å². The van der Waals surface area contributed by atoms with Gasteiger partial charge in [-0.25, -0.2) is 0 Å². The molecule has 1 amide bonds. The Balaban J connectivity index is 0.00000324. The zero-order valence-electron chi connectivity index (χ0n) is 11.9. The van der Waals surface area contributed by atoms with E-state index in [4.69, 9.17) is 10.5 Å². The summed E-state index contributed by atoms with van der Waals surface area (Å²) in [4.78, 5) is 13.7. The molecular formula is C14H23ClN2O2. The molecule has 0 aromatic heterocycles. The second kappa shape index (κ2) is 8.02. The van der Waals surface area contributed by atoms with Gasteiger partial charge in [-0.3, -0.25) is 4.79 Å². The Hall–Kier alpha value is -1.26. The minimum absolute atomic E-state index is 0. The third-order valence-corrected chi connectivity index (χ3v) is 2.93. The predicted molar refractivity (Wildman–Crippen MR) is 79.5 cm³/mol. The lowest BCUT2D eigenvalue weighted by atomic mass is 10.0. The molecule has 0 radical (unpaired) electrons. The van der Waals surface area contributed by atoms with E-state index in [9.17, 15) is 4.79 Å². The van der Waals surface area contributed by atoms with Gasteiger partial charge in [0.1, 0.15) is 5.75 Å². The first-order chi connectivity index (χ1) is 8.45. The highest BCUT2D eigenvalue weighted by molar-refractivity contribution is 5.85. The predicted octanol–water partition coefficient (Wildman–Crippen LogP) is 2.06. The van der Waals surface area contributed by atoms with Crippen LogP contribution in [0.3, 0.4) is 0 Å². The van der Waals surface area contributed by atoms with Crippen LogP contribution in [-0.4, -0.2) is 31.0 Å². The maximum atomic E-state index is 12.0. The monoisotopic (exact) mass is 286 g/mol. The fourth-order valence-electron chi connectivity index (χ4n) is 1.66. The van der Waals surface area contributed by atoms with Crippen molar-refractivity contribution in [3.8, 4) is 5.75 Å². The van der Waals surface area contributed by atoms with Crippen molar-refractivity contribution < 1.29 is 9.53 Å². The summed E-state index contributed by atoms with van der Waals surface area (Å²) >= 11 is 0. The van der Waals surface area contributed by atoms with Crippen LogP contribution in [0.25, 0.3) is 0 Å². The number of carbonyl (C=O) groups excluding carboxylic acids is 1. The number of amides is 1. The molecule has 19 heavy (non-hydrogen) atoms. The zero-order chi connectivity index (χ0) is 13.7. The van der Waals surface area contributed by atoms with Crippen molar-refractivity contribution in [2.24, 2.45) is 11.7 Å². The van der Waals surface area contributed by atoms with Gasteiger partial charge in [-0.05, 0) is 23.6 Å². The molecule has 1 aromatic rings. The van der Waals surface area contributed by atoms with E-state index in [-0.39, 0.29) is 24.2 Å². The van der Waals surface area contributed by atoms with E-state index in [0.29, 0.717) is 6.54 Å². The number of hydrogen-bond donors (Lipinski definition) is 1. The van der Waals surface area contributed by atoms with E-state index in [1.807, 2.05) is 38.1 Å². The Kier molecular flexibility index (Phi) is 7.49. The number of likely N-dealkylation sites (N-methyl/N-ethyl adjacent to an activating group) is 1. The van der Waals surface area contributed by atoms with Crippen molar-refractivity contribution >= 4 is 18.3 Å². The molecule has 1 rings (SSSR count). The van der Waals surface area contributed by atoms with Gasteiger partial charge in [-0.1, -0.05) is 26.0 Å². The Morgan fingerprint density at radius 2 is 2.05 bits per heavy atom. The number of nitrogens with zero attached hydrogens (tertiary/aromatic N) is 1. The van der Waals surface area contributed by atoms with Gasteiger partial charge in [-0.2, -0.15) is 0 Å². The first kappa shape index (κ1) is 17.7. The Morgan fingerprint density at radius 1 is 1.42 bits per heavy atom. The topological polar surface area (TPSA) is 55.6 Å². The van der Waals surface area contributed by atoms with Gasteiger partial charge in [0.25, 0.3) is 0 Å². The highest BCUT2D eigenvalue weighted by atomic mass is 35.5. The summed E-state index contributed by atoms with van der Waals surface area (Å²) in [5.41, 5.74) is 6.88. The molecule has 5 heteroatoms. The van der Waals surface area contributed by atoms with Crippen molar-refractivity contribution in [1.29, 1.82) is 0 Å². The van der Waals surface area contributed by atoms with Crippen molar-refractivity contribution in [1.82, 2.24) is 4.90 Å². The maximum absolute atomic E-state index is 12.0. The van der Waals surface area contributed by atoms with Gasteiger partial charge in [-0.15, -0.1) is 12.4 Å². The standard InChI is InChI=1S/C14H22N2O2.ClH/c1-10(2)13(15)14(17)16(3)9-11-6-5-7-12(8-11)18-4;/h5-8,10,13H,9,15H2,1-4H3;1H/t13-;/m0./s1. The average molecular weight is 287 g/mol. The number of methoxy groups -OCH3 is 1. The fraction of sp³-hybridized carbons (Fsp3) is 0.500. The van der Waals surface area contributed by atoms with Gasteiger partial charge in [0, 0.05) is 13.6 Å². The van der Waals surface area contributed by atoms with Gasteiger partial charge < -0.3 is 15.4 Å². The van der Waals surface area contributed by atoms with Crippen LogP contribution in [0.15, 0.2) is 24.3 Å². The summed E-state index contributed by atoms with van der Waals surface area (Å²) in [5, 5.41) is 0. The van der Waals surface area contributed by atoms with Crippen molar-refractivity contribution in [3.63, 3.8) is 0 Å². The molecule has 0 aliphatic heterocycles. The third-order valence-electron chi connectivity index (χ3n) is 2.93. The Morgan fingerprint density at radius 3 is 2.58 bits per heavy atom. The van der Waals surface area contributed by atoms with E-state index in [1.54, 1.807) is 19.1 Å². The summed E-state index contributed by atoms with van der Waals surface area (Å²) in [6.45, 7) is 4.43. The molecule has 108 valence electrons. The number of hydrogen-bond acceptors (Lipinski definition) is 3. The number of rotatable bonds is 5. The fourth-order valence-corrected chi connectivity index (χ4v) is 1.66. The summed E-state index contributed by atoms with van der Waals surface area (Å²) in [6, 6.07) is 7.23. The maximum Gasteiger partial charge on any atom is 0.239 e. The van der Waals surface area contributed by atoms with E-state index in [0.717, 1.165) is 11.3 Å². The van der Waals surface area contributed by atoms with Gasteiger partial charge in [0.15, 0.2) is 0 Å². The van der Waals surface area contributed by atoms with Gasteiger partial charge >= 0.3 is 0 Å². The largest absolute Gasteiger partial charge is 0.497 e. The van der Waals surface area contributed by atoms with Crippen LogP contribution in [0, 0.1) is 5.92 Å². The normalized spacial score (nSPS) is 11.7. The lowest BCUT2D eigenvalue weighted by Crippen LogP contribution is -2.44. The second-order valence-corrected chi connectivity index (χ2v) is 4.82. The minimum atomic E-state index is -0.444. The molecule has 0 bridgehead atoms. The second-order valence-electron chi connectivity index (χ2n) is 4.82. The lowest BCUT2D eigenvalue weighted by molar-refractivity contribution is -0.132. The van der Waals surface area contributed by atoms with E-state index >= 15 is 0 Å². The van der Waals surface area contributed by atoms with Crippen LogP contribution < -0.4 is 10.5 Å². The van der Waals surface area contributed by atoms with E-state index in [2.05, 4.69) is 0 Å². The molecule has 1 aromatic carbocycles. The van der Waals surface area contributed by atoms with Gasteiger partial charge in [0.2, 0.25) is 5.91 Å². The van der Waals surface area contributed by atoms with Crippen LogP contribution in [0.5, 0.6) is 5.75 Å². The molecule has 0 unspecified atom stereocenters. The number of nitrogens with two attached hydrogens (primary N) is 1. The first-order valence-corrected chi connectivity index (χ1v) is 6.09. The quantitative estimate of drug-likeness (QED) is 0.901. The minimum Gasteiger partial charge on any atom is -0.497 e. The molecule has 0 heterocycles. The number of carbonyl (C=O) groups is 1. The molecule has 0 aliphatic carbocycles. The van der Waals surface area contributed by atoms with Crippen molar-refractivity contribution in [2.75, 3.05) is 14.2 Å². The molecule has 2 N–H and O–H groups in total. The van der Waals surface area contributed by atoms with Crippen LogP contribution in [0.4, 0.5) is 0 Å². The molecule has 0 fully saturated rings. The lowest BCUT2D eigenvalue weighted by Gasteiger charge is -2.23. The summed E-state index contributed by atoms with van der Waals surface area (Å²) in [7, 11) is 3.40. The third kappa shape index (κ3) is 5.09. The van der Waals surface area contributed by atoms with Crippen molar-refractivity contribution in [2.45, 2.75) is 26.4 Å². The van der Waals surface area contributed by atoms with Crippen LogP contribution in [0.2, 0.25) is 0 Å². The average Bonchev–Trinajstić information content (AvgIpc) is 2.36. The summed E-state index contributed by atoms with van der Waals surface area (Å²) in [6.07, 6.45) is 0. The molecule has 4 nitrogen and oxygen atoms in total. The molecular weight excluding hydrogens is 264 g/mol. The number of benzene rings is 1. The smallest absolute Gasteiger partial charge is 0.239 e. The zero-order valence-corrected chi connectivity index (χ0v) is 12.7. The summed E-state index contributed by atoms with van der Waals surface area (Å²) in [5.74, 6) is 0.902. The van der Waals surface area contributed by atoms with Crippen LogP contribution in [-0.2, 0) is 11.3 Å². The van der Waals surface area contributed by atoms with Crippen LogP contribution in [0.1, 0.15) is 19.4 Å². The molecule has 0 spiro atoms. The molecule has 0 aliphatic rings. The molecule has 0 saturated heterocycles. The molecule has 0 saturated carbocycles. The Labute approximate surface area is 121 Å². The van der Waals surface area contributed by atoms with E-state index < -0.39 is 6.04 Å². The number of ether oxygens (including phenoxy) is 1. The van der Waals surface area contributed by atoms with Crippen molar-refractivity contribution in [3.05, 3.63) is 29.8 Å². The highest BCUT2D eigenvalue weighted by Gasteiger charge is 2.20. The summed E-state index contributed by atoms with van der Waals surface area (Å²) < 4.78 is 5.15. The highest BCUT2D eigenvalue weighted by Crippen LogP contribution is 2.14. The van der Waals surface area contributed by atoms with Gasteiger partial charge in [0.05, 0.1) is 13.2 Å². The number of halogens is 1. The van der Waals surface area contributed by atoms with E-state index in [1.165, 1.54) is 0 Å².